The van der Waals surface area contributed by atoms with E-state index in [0.29, 0.717) is 73.9 Å². The van der Waals surface area contributed by atoms with Crippen molar-refractivity contribution in [3.63, 3.8) is 0 Å². The average Bonchev–Trinajstić information content (AvgIpc) is 3.68. The molecule has 2 aromatic rings. The maximum Gasteiger partial charge on any atom is 0.310 e. The van der Waals surface area contributed by atoms with E-state index in [4.69, 9.17) is 20.3 Å². The van der Waals surface area contributed by atoms with E-state index in [1.165, 1.54) is 6.92 Å². The quantitative estimate of drug-likeness (QED) is 0.266. The summed E-state index contributed by atoms with van der Waals surface area (Å²) in [5, 5.41) is 4.84. The second kappa shape index (κ2) is 14.7. The number of aromatic nitrogens is 2. The van der Waals surface area contributed by atoms with Crippen LogP contribution in [0, 0.1) is 23.1 Å². The lowest BCUT2D eigenvalue weighted by molar-refractivity contribution is -0.873. The lowest BCUT2D eigenvalue weighted by atomic mass is 9.75. The number of Topliss-reactive ketones (excluding diaryl/α,β-unsaturated/α-hetero) is 1. The summed E-state index contributed by atoms with van der Waals surface area (Å²) in [7, 11) is 5.88. The van der Waals surface area contributed by atoms with E-state index >= 15 is 4.39 Å². The third kappa shape index (κ3) is 9.22. The number of halogens is 2. The number of ether oxygens (including phenoxy) is 2. The Labute approximate surface area is 288 Å². The van der Waals surface area contributed by atoms with Crippen LogP contribution in [0.25, 0.3) is 5.69 Å². The van der Waals surface area contributed by atoms with Crippen molar-refractivity contribution in [3.8, 4) is 5.69 Å². The maximum atomic E-state index is 16.6. The van der Waals surface area contributed by atoms with Gasteiger partial charge in [-0.2, -0.15) is 5.10 Å². The molecule has 264 valence electrons. The van der Waals surface area contributed by atoms with Crippen LogP contribution in [0.15, 0.2) is 12.1 Å². The van der Waals surface area contributed by atoms with Gasteiger partial charge in [-0.25, -0.2) is 9.07 Å². The minimum atomic E-state index is -0.697. The molecule has 1 aromatic carbocycles. The molecule has 1 atom stereocenters. The Balaban J connectivity index is 0.00000520. The highest BCUT2D eigenvalue weighted by molar-refractivity contribution is 6.00. The SMILES string of the molecule is CC(=O)OC(CC(=O)OC1CCC(Cc2c(C(N)=O)ccc(-n3nc(CC4CC4)c4c3CC(C)(C)CC4=O)c2F)CC1)C[N+](C)(C)C.[Cl-]. The van der Waals surface area contributed by atoms with Gasteiger partial charge in [0.2, 0.25) is 5.91 Å². The zero-order valence-corrected chi connectivity index (χ0v) is 29.8. The van der Waals surface area contributed by atoms with Crippen molar-refractivity contribution >= 4 is 23.6 Å². The molecule has 0 saturated heterocycles. The molecule has 2 fully saturated rings. The van der Waals surface area contributed by atoms with Crippen LogP contribution in [-0.4, -0.2) is 77.8 Å². The van der Waals surface area contributed by atoms with Gasteiger partial charge in [-0.1, -0.05) is 13.8 Å². The molecule has 1 unspecified atom stereocenters. The number of amides is 1. The Morgan fingerprint density at radius 1 is 1.04 bits per heavy atom. The number of nitrogens with zero attached hydrogens (tertiary/aromatic N) is 3. The van der Waals surface area contributed by atoms with Crippen molar-refractivity contribution < 1.29 is 49.9 Å². The fourth-order valence-electron chi connectivity index (χ4n) is 7.32. The highest BCUT2D eigenvalue weighted by Gasteiger charge is 2.39. The molecule has 0 spiro atoms. The molecular formula is C36H50ClFN4O6. The van der Waals surface area contributed by atoms with Crippen LogP contribution in [0.1, 0.15) is 110 Å². The summed E-state index contributed by atoms with van der Waals surface area (Å²) >= 11 is 0. The standard InChI is InChI=1S/C36H49FN4O6.ClH/c1-21(42)46-25(20-41(4,5)6)17-32(44)47-24-11-9-22(10-12-24)15-27-26(35(38)45)13-14-29(34(27)37)40-30-18-36(2,3)19-31(43)33(30)28(39-40)16-23-7-8-23;/h13-14,22-25H,7-12,15-20H2,1-6H3,(H-,38,45);1H. The molecule has 0 radical (unpaired) electrons. The van der Waals surface area contributed by atoms with Crippen LogP contribution in [0.5, 0.6) is 0 Å². The first kappa shape index (κ1) is 37.5. The Hall–Kier alpha value is -3.31. The first-order chi connectivity index (χ1) is 22.0. The molecule has 2 saturated carbocycles. The number of rotatable bonds is 12. The number of likely N-dealkylation sites (N-methyl/N-ethyl adjacent to an activating group) is 1. The lowest BCUT2D eigenvalue weighted by Gasteiger charge is -2.31. The van der Waals surface area contributed by atoms with E-state index in [-0.39, 0.29) is 58.9 Å². The number of esters is 2. The third-order valence-corrected chi connectivity index (χ3v) is 9.58. The third-order valence-electron chi connectivity index (χ3n) is 9.58. The van der Waals surface area contributed by atoms with Crippen molar-refractivity contribution in [3.05, 3.63) is 46.0 Å². The van der Waals surface area contributed by atoms with Crippen molar-refractivity contribution in [1.82, 2.24) is 9.78 Å². The summed E-state index contributed by atoms with van der Waals surface area (Å²) in [5.41, 5.74) is 8.20. The van der Waals surface area contributed by atoms with Gasteiger partial charge in [-0.05, 0) is 87.2 Å². The molecule has 1 aromatic heterocycles. The number of hydrogen-bond donors (Lipinski definition) is 1. The molecule has 0 aliphatic heterocycles. The first-order valence-electron chi connectivity index (χ1n) is 16.9. The molecule has 2 N–H and O–H groups in total. The summed E-state index contributed by atoms with van der Waals surface area (Å²) in [6, 6.07) is 3.13. The predicted molar refractivity (Wildman–Crippen MR) is 174 cm³/mol. The van der Waals surface area contributed by atoms with Gasteiger partial charge in [0.1, 0.15) is 18.3 Å². The Bertz CT molecular complexity index is 1550. The Morgan fingerprint density at radius 2 is 1.67 bits per heavy atom. The van der Waals surface area contributed by atoms with Gasteiger partial charge >= 0.3 is 11.9 Å². The van der Waals surface area contributed by atoms with Crippen molar-refractivity contribution in [2.24, 2.45) is 23.0 Å². The van der Waals surface area contributed by atoms with Gasteiger partial charge in [-0.3, -0.25) is 19.2 Å². The normalized spacial score (nSPS) is 21.1. The second-order valence-corrected chi connectivity index (χ2v) is 15.8. The molecule has 3 aliphatic rings. The molecule has 0 bridgehead atoms. The minimum Gasteiger partial charge on any atom is -1.00 e. The van der Waals surface area contributed by atoms with E-state index in [1.54, 1.807) is 16.8 Å². The van der Waals surface area contributed by atoms with Crippen LogP contribution in [0.4, 0.5) is 4.39 Å². The number of fused-ring (bicyclic) bond motifs is 1. The summed E-state index contributed by atoms with van der Waals surface area (Å²) < 4.78 is 29.9. The Morgan fingerprint density at radius 3 is 2.25 bits per heavy atom. The van der Waals surface area contributed by atoms with Crippen molar-refractivity contribution in [2.75, 3.05) is 27.7 Å². The van der Waals surface area contributed by atoms with Crippen LogP contribution in [0.3, 0.4) is 0 Å². The van der Waals surface area contributed by atoms with Gasteiger partial charge < -0.3 is 32.1 Å². The smallest absolute Gasteiger partial charge is 0.310 e. The first-order valence-corrected chi connectivity index (χ1v) is 16.9. The number of hydrogen-bond acceptors (Lipinski definition) is 7. The molecule has 10 nitrogen and oxygen atoms in total. The summed E-state index contributed by atoms with van der Waals surface area (Å²) in [5.74, 6) is -1.46. The molecule has 12 heteroatoms. The number of benzene rings is 1. The van der Waals surface area contributed by atoms with Gasteiger partial charge in [0.25, 0.3) is 0 Å². The van der Waals surface area contributed by atoms with E-state index in [9.17, 15) is 19.2 Å². The number of carbonyl (C=O) groups is 4. The van der Waals surface area contributed by atoms with Crippen LogP contribution in [0.2, 0.25) is 0 Å². The van der Waals surface area contributed by atoms with Gasteiger partial charge in [0, 0.05) is 24.5 Å². The molecule has 1 heterocycles. The number of nitrogens with two attached hydrogens (primary N) is 1. The number of carbonyl (C=O) groups excluding carboxylic acids is 4. The topological polar surface area (TPSA) is 131 Å². The van der Waals surface area contributed by atoms with Crippen molar-refractivity contribution in [2.45, 2.75) is 104 Å². The zero-order chi connectivity index (χ0) is 34.3. The molecular weight excluding hydrogens is 639 g/mol. The van der Waals surface area contributed by atoms with Crippen LogP contribution >= 0.6 is 0 Å². The van der Waals surface area contributed by atoms with Gasteiger partial charge in [-0.15, -0.1) is 0 Å². The van der Waals surface area contributed by atoms with Crippen LogP contribution in [-0.2, 0) is 38.3 Å². The number of quaternary nitrogens is 1. The summed E-state index contributed by atoms with van der Waals surface area (Å²) in [6.45, 7) is 5.89. The zero-order valence-electron chi connectivity index (χ0n) is 29.1. The average molecular weight is 689 g/mol. The van der Waals surface area contributed by atoms with Crippen molar-refractivity contribution in [1.29, 1.82) is 0 Å². The second-order valence-electron chi connectivity index (χ2n) is 15.8. The predicted octanol–water partition coefficient (Wildman–Crippen LogP) is 1.89. The minimum absolute atomic E-state index is 0. The molecule has 48 heavy (non-hydrogen) atoms. The summed E-state index contributed by atoms with van der Waals surface area (Å²) in [4.78, 5) is 50.1. The van der Waals surface area contributed by atoms with E-state index in [1.807, 2.05) is 35.0 Å². The highest BCUT2D eigenvalue weighted by atomic mass is 35.5. The monoisotopic (exact) mass is 688 g/mol. The van der Waals surface area contributed by atoms with E-state index in [2.05, 4.69) is 0 Å². The van der Waals surface area contributed by atoms with Gasteiger partial charge in [0.05, 0.1) is 44.5 Å². The lowest BCUT2D eigenvalue weighted by Crippen LogP contribution is -3.00. The largest absolute Gasteiger partial charge is 1.00 e. The molecule has 3 aliphatic carbocycles. The number of ketones is 1. The van der Waals surface area contributed by atoms with Gasteiger partial charge in [0.15, 0.2) is 17.7 Å². The highest BCUT2D eigenvalue weighted by Crippen LogP contribution is 2.41. The molecule has 1 amide bonds. The number of primary amides is 1. The summed E-state index contributed by atoms with van der Waals surface area (Å²) in [6.07, 6.45) is 5.95. The van der Waals surface area contributed by atoms with E-state index in [0.717, 1.165) is 24.2 Å². The Kier molecular flexibility index (Phi) is 11.5. The fraction of sp³-hybridized carbons (Fsp3) is 0.639. The fourth-order valence-corrected chi connectivity index (χ4v) is 7.32. The maximum absolute atomic E-state index is 16.6. The van der Waals surface area contributed by atoms with Crippen LogP contribution < -0.4 is 18.1 Å². The van der Waals surface area contributed by atoms with E-state index < -0.39 is 29.8 Å². The molecule has 5 rings (SSSR count).